The van der Waals surface area contributed by atoms with Crippen molar-refractivity contribution in [2.45, 2.75) is 57.8 Å². The van der Waals surface area contributed by atoms with Crippen molar-refractivity contribution in [3.63, 3.8) is 0 Å². The zero-order chi connectivity index (χ0) is 13.5. The second-order valence-corrected chi connectivity index (χ2v) is 6.54. The van der Waals surface area contributed by atoms with Crippen molar-refractivity contribution in [3.8, 4) is 0 Å². The first kappa shape index (κ1) is 13.8. The summed E-state index contributed by atoms with van der Waals surface area (Å²) >= 11 is 0. The molecule has 0 aromatic heterocycles. The largest absolute Gasteiger partial charge is 0.469 e. The summed E-state index contributed by atoms with van der Waals surface area (Å²) in [5.41, 5.74) is -0.311. The van der Waals surface area contributed by atoms with E-state index in [1.165, 1.54) is 7.11 Å². The average molecular weight is 256 g/mol. The Morgan fingerprint density at radius 3 is 2.50 bits per heavy atom. The van der Waals surface area contributed by atoms with Crippen molar-refractivity contribution in [2.75, 3.05) is 7.11 Å². The lowest BCUT2D eigenvalue weighted by Crippen LogP contribution is -2.40. The summed E-state index contributed by atoms with van der Waals surface area (Å²) in [6.45, 7) is 5.95. The van der Waals surface area contributed by atoms with Gasteiger partial charge in [0.05, 0.1) is 30.8 Å². The highest BCUT2D eigenvalue weighted by Crippen LogP contribution is 2.49. The van der Waals surface area contributed by atoms with Crippen molar-refractivity contribution in [1.29, 1.82) is 0 Å². The quantitative estimate of drug-likeness (QED) is 0.765. The Morgan fingerprint density at radius 1 is 1.28 bits per heavy atom. The molecule has 5 atom stereocenters. The number of fused-ring (bicyclic) bond motifs is 1. The number of methoxy groups -OCH3 is 1. The van der Waals surface area contributed by atoms with E-state index in [2.05, 4.69) is 0 Å². The van der Waals surface area contributed by atoms with E-state index in [1.807, 2.05) is 20.8 Å². The minimum atomic E-state index is -0.336. The van der Waals surface area contributed by atoms with Gasteiger partial charge in [-0.2, -0.15) is 0 Å². The van der Waals surface area contributed by atoms with E-state index in [4.69, 9.17) is 9.47 Å². The molecule has 2 saturated carbocycles. The Labute approximate surface area is 109 Å². The zero-order valence-corrected chi connectivity index (χ0v) is 11.7. The van der Waals surface area contributed by atoms with Gasteiger partial charge in [0.15, 0.2) is 0 Å². The molecule has 0 heterocycles. The number of carbonyl (C=O) groups excluding carboxylic acids is 1. The van der Waals surface area contributed by atoms with Crippen molar-refractivity contribution in [2.24, 2.45) is 17.8 Å². The first-order valence-corrected chi connectivity index (χ1v) is 6.77. The molecule has 0 aromatic rings. The van der Waals surface area contributed by atoms with Crippen LogP contribution in [0.2, 0.25) is 0 Å². The first-order chi connectivity index (χ1) is 8.33. The number of rotatable bonds is 2. The molecule has 0 spiro atoms. The van der Waals surface area contributed by atoms with E-state index in [0.717, 1.165) is 19.3 Å². The summed E-state index contributed by atoms with van der Waals surface area (Å²) in [6.07, 6.45) is 2.06. The van der Waals surface area contributed by atoms with Crippen molar-refractivity contribution >= 4 is 5.97 Å². The highest BCUT2D eigenvalue weighted by molar-refractivity contribution is 5.73. The van der Waals surface area contributed by atoms with Crippen LogP contribution >= 0.6 is 0 Å². The molecule has 0 aromatic carbocycles. The van der Waals surface area contributed by atoms with Crippen LogP contribution in [-0.4, -0.2) is 36.0 Å². The third-order valence-electron chi connectivity index (χ3n) is 4.15. The summed E-state index contributed by atoms with van der Waals surface area (Å²) < 4.78 is 10.9. The molecule has 2 fully saturated rings. The fraction of sp³-hybridized carbons (Fsp3) is 0.929. The van der Waals surface area contributed by atoms with Crippen LogP contribution in [0.15, 0.2) is 0 Å². The van der Waals surface area contributed by atoms with E-state index >= 15 is 0 Å². The monoisotopic (exact) mass is 256 g/mol. The maximum absolute atomic E-state index is 11.9. The number of hydrogen-bond acceptors (Lipinski definition) is 4. The first-order valence-electron chi connectivity index (χ1n) is 6.77. The fourth-order valence-corrected chi connectivity index (χ4v) is 3.53. The van der Waals surface area contributed by atoms with Crippen LogP contribution in [0.25, 0.3) is 0 Å². The van der Waals surface area contributed by atoms with Crippen LogP contribution in [0.4, 0.5) is 0 Å². The van der Waals surface area contributed by atoms with Gasteiger partial charge in [-0.05, 0) is 46.0 Å². The maximum atomic E-state index is 11.9. The second-order valence-electron chi connectivity index (χ2n) is 6.54. The van der Waals surface area contributed by atoms with E-state index in [0.29, 0.717) is 5.92 Å². The molecule has 1 N–H and O–H groups in total. The molecule has 2 aliphatic rings. The molecular formula is C14H24O4. The molecule has 0 saturated heterocycles. The molecule has 0 radical (unpaired) electrons. The average Bonchev–Trinajstić information content (AvgIpc) is 2.78. The van der Waals surface area contributed by atoms with Gasteiger partial charge in [0.25, 0.3) is 0 Å². The molecule has 4 nitrogen and oxygen atoms in total. The van der Waals surface area contributed by atoms with Crippen LogP contribution < -0.4 is 0 Å². The molecule has 18 heavy (non-hydrogen) atoms. The fourth-order valence-electron chi connectivity index (χ4n) is 3.53. The van der Waals surface area contributed by atoms with Gasteiger partial charge in [0.1, 0.15) is 0 Å². The van der Waals surface area contributed by atoms with Gasteiger partial charge < -0.3 is 14.6 Å². The third kappa shape index (κ3) is 2.54. The smallest absolute Gasteiger partial charge is 0.311 e. The van der Waals surface area contributed by atoms with E-state index in [9.17, 15) is 9.90 Å². The molecule has 2 rings (SSSR count). The van der Waals surface area contributed by atoms with Gasteiger partial charge in [-0.25, -0.2) is 0 Å². The number of hydrogen-bond donors (Lipinski definition) is 1. The van der Waals surface area contributed by atoms with Crippen LogP contribution in [0.3, 0.4) is 0 Å². The number of carbonyl (C=O) groups is 1. The predicted octanol–water partition coefficient (Wildman–Crippen LogP) is 1.75. The van der Waals surface area contributed by atoms with Crippen LogP contribution in [-0.2, 0) is 14.3 Å². The summed E-state index contributed by atoms with van der Waals surface area (Å²) in [4.78, 5) is 11.9. The van der Waals surface area contributed by atoms with Gasteiger partial charge >= 0.3 is 5.97 Å². The van der Waals surface area contributed by atoms with Gasteiger partial charge in [-0.1, -0.05) is 0 Å². The Hall–Kier alpha value is -0.610. The highest BCUT2D eigenvalue weighted by atomic mass is 16.5. The molecule has 0 aliphatic heterocycles. The Kier molecular flexibility index (Phi) is 3.70. The lowest BCUT2D eigenvalue weighted by atomic mass is 9.95. The topological polar surface area (TPSA) is 55.8 Å². The van der Waals surface area contributed by atoms with Crippen LogP contribution in [0.5, 0.6) is 0 Å². The minimum absolute atomic E-state index is 0.0910. The molecule has 0 unspecified atom stereocenters. The van der Waals surface area contributed by atoms with Gasteiger partial charge in [-0.15, -0.1) is 0 Å². The van der Waals surface area contributed by atoms with E-state index in [1.54, 1.807) is 0 Å². The molecule has 0 amide bonds. The lowest BCUT2D eigenvalue weighted by Gasteiger charge is -2.32. The number of esters is 1. The summed E-state index contributed by atoms with van der Waals surface area (Å²) in [7, 11) is 1.42. The normalized spacial score (nSPS) is 39.7. The Morgan fingerprint density at radius 2 is 1.94 bits per heavy atom. The summed E-state index contributed by atoms with van der Waals surface area (Å²) in [5.74, 6) is 0.0646. The number of ether oxygens (including phenoxy) is 2. The van der Waals surface area contributed by atoms with Gasteiger partial charge in [0.2, 0.25) is 0 Å². The predicted molar refractivity (Wildman–Crippen MR) is 67.0 cm³/mol. The molecule has 2 aliphatic carbocycles. The summed E-state index contributed by atoms with van der Waals surface area (Å²) in [6, 6.07) is 0. The highest BCUT2D eigenvalue weighted by Gasteiger charge is 2.54. The van der Waals surface area contributed by atoms with Crippen molar-refractivity contribution in [1.82, 2.24) is 0 Å². The Balaban J connectivity index is 2.19. The van der Waals surface area contributed by atoms with Crippen LogP contribution in [0, 0.1) is 17.8 Å². The molecule has 4 heteroatoms. The van der Waals surface area contributed by atoms with Gasteiger partial charge in [-0.3, -0.25) is 4.79 Å². The number of aliphatic hydroxyl groups is 1. The molecule has 0 bridgehead atoms. The Bertz CT molecular complexity index is 320. The minimum Gasteiger partial charge on any atom is -0.469 e. The standard InChI is InChI=1S/C14H24O4/c1-14(2,3)18-12-9(13(16)17-4)7-8-5-6-10(15)11(8)12/h8-12,15H,5-7H2,1-4H3/t8-,9+,10-,11+,12-/m1/s1. The SMILES string of the molecule is COC(=O)[C@H]1C[C@H]2CC[C@@H](O)[C@H]2[C@@H]1OC(C)(C)C. The van der Waals surface area contributed by atoms with E-state index < -0.39 is 0 Å². The number of aliphatic hydroxyl groups excluding tert-OH is 1. The molecule has 104 valence electrons. The zero-order valence-electron chi connectivity index (χ0n) is 11.7. The second kappa shape index (κ2) is 4.82. The van der Waals surface area contributed by atoms with Crippen molar-refractivity contribution in [3.05, 3.63) is 0 Å². The summed E-state index contributed by atoms with van der Waals surface area (Å²) in [5, 5.41) is 10.1. The molecular weight excluding hydrogens is 232 g/mol. The van der Waals surface area contributed by atoms with Crippen molar-refractivity contribution < 1.29 is 19.4 Å². The maximum Gasteiger partial charge on any atom is 0.311 e. The lowest BCUT2D eigenvalue weighted by molar-refractivity contribution is -0.159. The third-order valence-corrected chi connectivity index (χ3v) is 4.15. The van der Waals surface area contributed by atoms with Gasteiger partial charge in [0, 0.05) is 5.92 Å². The van der Waals surface area contributed by atoms with Crippen LogP contribution in [0.1, 0.15) is 40.0 Å². The van der Waals surface area contributed by atoms with E-state index in [-0.39, 0.29) is 35.6 Å².